The van der Waals surface area contributed by atoms with Crippen molar-refractivity contribution in [2.75, 3.05) is 25.6 Å². The van der Waals surface area contributed by atoms with Crippen LogP contribution in [0.15, 0.2) is 65.7 Å². The fraction of sp³-hybridized carbons (Fsp3) is 0.720. The van der Waals surface area contributed by atoms with Crippen LogP contribution in [0.3, 0.4) is 0 Å². The summed E-state index contributed by atoms with van der Waals surface area (Å²) in [5, 5.41) is 20.9. The minimum atomic E-state index is -5.43. The molecular formula is C50H85N3O15P2. The minimum Gasteiger partial charge on any atom is -0.462 e. The fourth-order valence-corrected chi connectivity index (χ4v) is 9.59. The highest BCUT2D eigenvalue weighted by molar-refractivity contribution is 7.61. The Morgan fingerprint density at radius 1 is 0.700 bits per heavy atom. The van der Waals surface area contributed by atoms with Gasteiger partial charge in [-0.05, 0) is 57.4 Å². The maximum atomic E-state index is 12.9. The zero-order valence-electron chi connectivity index (χ0n) is 41.8. The molecule has 6 N–H and O–H groups in total. The Morgan fingerprint density at radius 3 is 1.76 bits per heavy atom. The fourth-order valence-electron chi connectivity index (χ4n) is 7.48. The summed E-state index contributed by atoms with van der Waals surface area (Å²) >= 11 is 0. The number of nitrogen functional groups attached to an aromatic ring is 1. The van der Waals surface area contributed by atoms with Crippen molar-refractivity contribution in [1.29, 1.82) is 0 Å². The summed E-state index contributed by atoms with van der Waals surface area (Å²) in [7, 11) is -10.9. The Hall–Kier alpha value is -3.28. The standard InChI is InChI=1S/C50H85N3O15P2/c1-3-5-7-9-11-13-15-17-19-20-22-24-26-28-30-32-34-36-46(55)66-42(39-63-45(54)35-33-31-29-27-25-23-21-18-16-14-12-10-8-6-4-2)40-64-69(59,60)68-70(61,62)65-41-43-47(56)48(57)49(67-43)53-38-37-44(51)52-50(53)58/h5,7,11,13,17,19,22,24,37-38,42-43,47-49,56-57H,3-4,6,8-10,12,14-16,18,20-21,23,25-36,39-41H2,1-2H3,(H,59,60)(H,61,62)(H2,51,52,58). The minimum absolute atomic E-state index is 0.0225. The third-order valence-corrected chi connectivity index (χ3v) is 14.0. The number of anilines is 1. The van der Waals surface area contributed by atoms with E-state index in [0.717, 1.165) is 87.8 Å². The number of hydrogen-bond acceptors (Lipinski definition) is 15. The molecule has 20 heteroatoms. The lowest BCUT2D eigenvalue weighted by molar-refractivity contribution is -0.161. The van der Waals surface area contributed by atoms with Crippen molar-refractivity contribution in [2.24, 2.45) is 0 Å². The lowest BCUT2D eigenvalue weighted by Gasteiger charge is -2.21. The molecule has 0 bridgehead atoms. The SMILES string of the molecule is CCC=CCC=CCC=CCC=CCCCCCCC(=O)OC(COC(=O)CCCCCCCCCCCCCCCCC)COP(=O)(O)OP(=O)(O)OCC1OC(n2ccc(N)nc2=O)C(O)C1O. The second kappa shape index (κ2) is 38.4. The van der Waals surface area contributed by atoms with Crippen LogP contribution in [-0.4, -0.2) is 85.7 Å². The van der Waals surface area contributed by atoms with E-state index in [9.17, 15) is 43.5 Å². The molecule has 2 rings (SSSR count). The van der Waals surface area contributed by atoms with Crippen LogP contribution in [-0.2, 0) is 46.3 Å². The van der Waals surface area contributed by atoms with Crippen molar-refractivity contribution in [3.8, 4) is 0 Å². The maximum Gasteiger partial charge on any atom is 0.481 e. The number of aliphatic hydroxyl groups is 2. The molecule has 0 aliphatic carbocycles. The normalized spacial score (nSPS) is 19.6. The molecule has 7 unspecified atom stereocenters. The van der Waals surface area contributed by atoms with E-state index in [1.54, 1.807) is 0 Å². The molecule has 2 heterocycles. The topological polar surface area (TPSA) is 265 Å². The average molecular weight is 1030 g/mol. The highest BCUT2D eigenvalue weighted by Gasteiger charge is 2.46. The van der Waals surface area contributed by atoms with Crippen LogP contribution >= 0.6 is 15.6 Å². The molecule has 1 aliphatic rings. The van der Waals surface area contributed by atoms with Gasteiger partial charge in [-0.15, -0.1) is 0 Å². The highest BCUT2D eigenvalue weighted by Crippen LogP contribution is 2.60. The second-order valence-electron chi connectivity index (χ2n) is 17.6. The molecule has 1 aromatic rings. The molecule has 400 valence electrons. The highest BCUT2D eigenvalue weighted by atomic mass is 31.3. The van der Waals surface area contributed by atoms with Crippen molar-refractivity contribution in [3.05, 3.63) is 71.4 Å². The number of nitrogens with two attached hydrogens (primary N) is 1. The van der Waals surface area contributed by atoms with Crippen molar-refractivity contribution in [1.82, 2.24) is 9.55 Å². The van der Waals surface area contributed by atoms with Crippen LogP contribution in [0.25, 0.3) is 0 Å². The number of rotatable bonds is 42. The lowest BCUT2D eigenvalue weighted by atomic mass is 10.0. The zero-order chi connectivity index (χ0) is 51.3. The maximum absolute atomic E-state index is 12.9. The van der Waals surface area contributed by atoms with Crippen molar-refractivity contribution < 1.29 is 66.3 Å². The molecule has 1 aliphatic heterocycles. The first-order valence-corrected chi connectivity index (χ1v) is 28.6. The molecule has 7 atom stereocenters. The number of hydrogen-bond donors (Lipinski definition) is 5. The quantitative estimate of drug-likeness (QED) is 0.0176. The van der Waals surface area contributed by atoms with E-state index >= 15 is 0 Å². The van der Waals surface area contributed by atoms with Crippen LogP contribution in [0, 0.1) is 0 Å². The van der Waals surface area contributed by atoms with Gasteiger partial charge in [-0.25, -0.2) is 13.9 Å². The molecular weight excluding hydrogens is 945 g/mol. The number of unbranched alkanes of at least 4 members (excludes halogenated alkanes) is 18. The summed E-state index contributed by atoms with van der Waals surface area (Å²) in [6.45, 7) is 2.03. The van der Waals surface area contributed by atoms with Gasteiger partial charge < -0.3 is 39.9 Å². The number of esters is 2. The Balaban J connectivity index is 1.81. The predicted molar refractivity (Wildman–Crippen MR) is 270 cm³/mol. The van der Waals surface area contributed by atoms with Crippen LogP contribution in [0.4, 0.5) is 5.82 Å². The van der Waals surface area contributed by atoms with E-state index < -0.39 is 83.7 Å². The number of aromatic nitrogens is 2. The van der Waals surface area contributed by atoms with Crippen molar-refractivity contribution in [3.63, 3.8) is 0 Å². The Bertz CT molecular complexity index is 1860. The van der Waals surface area contributed by atoms with Gasteiger partial charge in [-0.2, -0.15) is 9.29 Å². The monoisotopic (exact) mass is 1030 g/mol. The second-order valence-corrected chi connectivity index (χ2v) is 20.7. The first-order chi connectivity index (χ1) is 33.7. The molecule has 0 radical (unpaired) electrons. The number of carbonyl (C=O) groups is 2. The molecule has 1 fully saturated rings. The first kappa shape index (κ1) is 62.8. The van der Waals surface area contributed by atoms with Crippen LogP contribution in [0.2, 0.25) is 0 Å². The Kier molecular flexibility index (Phi) is 34.4. The van der Waals surface area contributed by atoms with Gasteiger partial charge in [0.15, 0.2) is 12.3 Å². The molecule has 0 aromatic carbocycles. The number of carbonyl (C=O) groups excluding carboxylic acids is 2. The van der Waals surface area contributed by atoms with Gasteiger partial charge in [-0.1, -0.05) is 165 Å². The van der Waals surface area contributed by atoms with E-state index in [-0.39, 0.29) is 18.7 Å². The first-order valence-electron chi connectivity index (χ1n) is 25.6. The van der Waals surface area contributed by atoms with E-state index in [2.05, 4.69) is 71.8 Å². The van der Waals surface area contributed by atoms with Gasteiger partial charge in [0.2, 0.25) is 0 Å². The predicted octanol–water partition coefficient (Wildman–Crippen LogP) is 10.6. The van der Waals surface area contributed by atoms with Crippen molar-refractivity contribution >= 4 is 33.4 Å². The molecule has 1 saturated heterocycles. The van der Waals surface area contributed by atoms with E-state index in [1.807, 2.05) is 0 Å². The number of phosphoric acid groups is 2. The van der Waals surface area contributed by atoms with Gasteiger partial charge in [0.05, 0.1) is 13.2 Å². The van der Waals surface area contributed by atoms with E-state index in [4.69, 9.17) is 29.0 Å². The smallest absolute Gasteiger partial charge is 0.462 e. The molecule has 0 amide bonds. The number of nitrogens with zero attached hydrogens (tertiary/aromatic N) is 2. The number of ether oxygens (including phenoxy) is 3. The third kappa shape index (κ3) is 30.6. The Labute approximate surface area is 416 Å². The summed E-state index contributed by atoms with van der Waals surface area (Å²) in [5.74, 6) is -1.32. The number of aliphatic hydroxyl groups excluding tert-OH is 2. The van der Waals surface area contributed by atoms with Gasteiger partial charge in [0.25, 0.3) is 0 Å². The van der Waals surface area contributed by atoms with E-state index in [0.29, 0.717) is 12.8 Å². The molecule has 1 aromatic heterocycles. The molecule has 0 saturated carbocycles. The van der Waals surface area contributed by atoms with Crippen LogP contribution in [0.5, 0.6) is 0 Å². The summed E-state index contributed by atoms with van der Waals surface area (Å²) < 4.78 is 56.8. The summed E-state index contributed by atoms with van der Waals surface area (Å²) in [6, 6.07) is 1.25. The third-order valence-electron chi connectivity index (χ3n) is 11.4. The zero-order valence-corrected chi connectivity index (χ0v) is 43.6. The van der Waals surface area contributed by atoms with Crippen LogP contribution < -0.4 is 11.4 Å². The van der Waals surface area contributed by atoms with Crippen LogP contribution in [0.1, 0.15) is 187 Å². The summed E-state index contributed by atoms with van der Waals surface area (Å²) in [6.07, 6.45) is 36.1. The summed E-state index contributed by atoms with van der Waals surface area (Å²) in [4.78, 5) is 61.9. The largest absolute Gasteiger partial charge is 0.481 e. The Morgan fingerprint density at radius 2 is 1.20 bits per heavy atom. The van der Waals surface area contributed by atoms with Gasteiger partial charge in [-0.3, -0.25) is 23.2 Å². The van der Waals surface area contributed by atoms with Crippen molar-refractivity contribution in [2.45, 2.75) is 211 Å². The van der Waals surface area contributed by atoms with Gasteiger partial charge in [0.1, 0.15) is 30.7 Å². The number of allylic oxidation sites excluding steroid dienone is 8. The molecule has 18 nitrogen and oxygen atoms in total. The molecule has 70 heavy (non-hydrogen) atoms. The summed E-state index contributed by atoms with van der Waals surface area (Å²) in [5.41, 5.74) is 4.59. The van der Waals surface area contributed by atoms with E-state index in [1.165, 1.54) is 70.3 Å². The molecule has 0 spiro atoms. The van der Waals surface area contributed by atoms with Gasteiger partial charge >= 0.3 is 33.3 Å². The number of phosphoric ester groups is 2. The van der Waals surface area contributed by atoms with Gasteiger partial charge in [0, 0.05) is 19.0 Å². The lowest BCUT2D eigenvalue weighted by Crippen LogP contribution is -2.36. The average Bonchev–Trinajstić information content (AvgIpc) is 3.59.